The molecular weight excluding hydrogens is 388 g/mol. The van der Waals surface area contributed by atoms with Gasteiger partial charge in [0.05, 0.1) is 17.8 Å². The first-order valence-electron chi connectivity index (χ1n) is 10.6. The Kier molecular flexibility index (Phi) is 5.41. The summed E-state index contributed by atoms with van der Waals surface area (Å²) in [5.41, 5.74) is 3.95. The zero-order valence-electron chi connectivity index (χ0n) is 17.3. The monoisotopic (exact) mass is 412 g/mol. The second kappa shape index (κ2) is 8.65. The molecule has 5 rings (SSSR count). The van der Waals surface area contributed by atoms with E-state index in [1.807, 2.05) is 24.4 Å². The van der Waals surface area contributed by atoms with Gasteiger partial charge in [-0.3, -0.25) is 19.7 Å². The topological polar surface area (TPSA) is 67.2 Å². The number of rotatable bonds is 5. The number of nitrogens with zero attached hydrogens (tertiary/aromatic N) is 6. The number of anilines is 1. The Morgan fingerprint density at radius 1 is 0.806 bits per heavy atom. The third-order valence-electron chi connectivity index (χ3n) is 5.81. The summed E-state index contributed by atoms with van der Waals surface area (Å²) < 4.78 is 1.57. The summed E-state index contributed by atoms with van der Waals surface area (Å²) in [6, 6.07) is 17.6. The third-order valence-corrected chi connectivity index (χ3v) is 5.81. The van der Waals surface area contributed by atoms with Crippen molar-refractivity contribution in [2.75, 3.05) is 37.6 Å². The maximum Gasteiger partial charge on any atom is 0.266 e. The number of fused-ring (bicyclic) bond motifs is 1. The van der Waals surface area contributed by atoms with Crippen molar-refractivity contribution in [2.45, 2.75) is 6.54 Å². The van der Waals surface area contributed by atoms with Gasteiger partial charge in [-0.15, -0.1) is 0 Å². The van der Waals surface area contributed by atoms with Crippen LogP contribution in [0.2, 0.25) is 0 Å². The Bertz CT molecular complexity index is 1230. The summed E-state index contributed by atoms with van der Waals surface area (Å²) >= 11 is 0. The predicted molar refractivity (Wildman–Crippen MR) is 122 cm³/mol. The number of pyridine rings is 2. The van der Waals surface area contributed by atoms with E-state index in [1.54, 1.807) is 29.2 Å². The Morgan fingerprint density at radius 3 is 2.45 bits per heavy atom. The van der Waals surface area contributed by atoms with Gasteiger partial charge in [0.15, 0.2) is 0 Å². The first kappa shape index (κ1) is 19.4. The molecule has 0 spiro atoms. The zero-order valence-corrected chi connectivity index (χ0v) is 17.3. The van der Waals surface area contributed by atoms with Crippen LogP contribution in [0.4, 0.5) is 5.69 Å². The lowest BCUT2D eigenvalue weighted by Gasteiger charge is -2.36. The van der Waals surface area contributed by atoms with Gasteiger partial charge < -0.3 is 4.90 Å². The van der Waals surface area contributed by atoms with Crippen LogP contribution in [-0.2, 0) is 6.54 Å². The molecule has 4 heterocycles. The molecule has 0 amide bonds. The number of para-hydroxylation sites is 1. The van der Waals surface area contributed by atoms with Crippen LogP contribution in [0.3, 0.4) is 0 Å². The predicted octanol–water partition coefficient (Wildman–Crippen LogP) is 2.68. The maximum absolute atomic E-state index is 12.3. The fourth-order valence-electron chi connectivity index (χ4n) is 4.09. The number of hydrogen-bond donors (Lipinski definition) is 0. The third kappa shape index (κ3) is 4.18. The highest BCUT2D eigenvalue weighted by Crippen LogP contribution is 2.26. The quantitative estimate of drug-likeness (QED) is 0.502. The van der Waals surface area contributed by atoms with Crippen molar-refractivity contribution < 1.29 is 0 Å². The average Bonchev–Trinajstić information content (AvgIpc) is 2.84. The van der Waals surface area contributed by atoms with E-state index in [-0.39, 0.29) is 5.56 Å². The molecule has 0 saturated carbocycles. The molecule has 0 N–H and O–H groups in total. The summed E-state index contributed by atoms with van der Waals surface area (Å²) in [4.78, 5) is 25.6. The minimum absolute atomic E-state index is 0.0697. The van der Waals surface area contributed by atoms with Gasteiger partial charge >= 0.3 is 0 Å². The van der Waals surface area contributed by atoms with Gasteiger partial charge in [0.1, 0.15) is 0 Å². The van der Waals surface area contributed by atoms with Crippen LogP contribution in [0.5, 0.6) is 0 Å². The first-order valence-corrected chi connectivity index (χ1v) is 10.6. The first-order chi connectivity index (χ1) is 15.3. The summed E-state index contributed by atoms with van der Waals surface area (Å²) in [7, 11) is 0. The van der Waals surface area contributed by atoms with Crippen LogP contribution in [0.1, 0.15) is 0 Å². The number of benzene rings is 1. The zero-order chi connectivity index (χ0) is 21.0. The minimum Gasteiger partial charge on any atom is -0.368 e. The molecule has 7 heteroatoms. The minimum atomic E-state index is -0.0697. The van der Waals surface area contributed by atoms with Gasteiger partial charge in [0.25, 0.3) is 5.56 Å². The van der Waals surface area contributed by atoms with Crippen molar-refractivity contribution in [1.29, 1.82) is 0 Å². The number of hydrogen-bond acceptors (Lipinski definition) is 6. The van der Waals surface area contributed by atoms with Crippen LogP contribution in [0.25, 0.3) is 22.2 Å². The fourth-order valence-corrected chi connectivity index (χ4v) is 4.09. The van der Waals surface area contributed by atoms with E-state index in [2.05, 4.69) is 49.1 Å². The Hall–Kier alpha value is -3.58. The molecule has 1 aliphatic heterocycles. The molecular formula is C24H24N6O. The largest absolute Gasteiger partial charge is 0.368 e. The fraction of sp³-hybridized carbons (Fsp3) is 0.250. The van der Waals surface area contributed by atoms with Crippen LogP contribution < -0.4 is 10.5 Å². The van der Waals surface area contributed by atoms with E-state index in [0.717, 1.165) is 49.5 Å². The molecule has 156 valence electrons. The van der Waals surface area contributed by atoms with Crippen molar-refractivity contribution in [2.24, 2.45) is 0 Å². The molecule has 0 aliphatic carbocycles. The molecule has 1 aliphatic rings. The highest BCUT2D eigenvalue weighted by atomic mass is 16.1. The Morgan fingerprint density at radius 2 is 1.61 bits per heavy atom. The standard InChI is InChI=1S/C24H24N6O/c31-24-6-5-21(19-7-10-25-11-8-19)27-30(24)18-15-28-13-16-29(17-14-28)23-9-12-26-22-4-2-1-3-20(22)23/h1-12H,13-18H2. The van der Waals surface area contributed by atoms with Crippen LogP contribution in [-0.4, -0.2) is 57.4 Å². The van der Waals surface area contributed by atoms with Gasteiger partial charge in [0, 0.05) is 74.0 Å². The molecule has 0 radical (unpaired) electrons. The highest BCUT2D eigenvalue weighted by Gasteiger charge is 2.19. The van der Waals surface area contributed by atoms with Gasteiger partial charge in [-0.1, -0.05) is 18.2 Å². The summed E-state index contributed by atoms with van der Waals surface area (Å²) in [6.07, 6.45) is 5.35. The van der Waals surface area contributed by atoms with Crippen molar-refractivity contribution in [3.63, 3.8) is 0 Å². The molecule has 1 aromatic carbocycles. The molecule has 0 atom stereocenters. The van der Waals surface area contributed by atoms with Crippen LogP contribution in [0.15, 0.2) is 78.0 Å². The van der Waals surface area contributed by atoms with Crippen molar-refractivity contribution in [3.8, 4) is 11.3 Å². The molecule has 1 fully saturated rings. The van der Waals surface area contributed by atoms with Crippen molar-refractivity contribution >= 4 is 16.6 Å². The van der Waals surface area contributed by atoms with E-state index >= 15 is 0 Å². The number of piperazine rings is 1. The van der Waals surface area contributed by atoms with E-state index in [4.69, 9.17) is 0 Å². The molecule has 7 nitrogen and oxygen atoms in total. The molecule has 0 unspecified atom stereocenters. The SMILES string of the molecule is O=c1ccc(-c2ccncc2)nn1CCN1CCN(c2ccnc3ccccc23)CC1. The molecule has 3 aromatic heterocycles. The second-order valence-electron chi connectivity index (χ2n) is 7.69. The molecule has 4 aromatic rings. The van der Waals surface area contributed by atoms with Gasteiger partial charge in [-0.05, 0) is 30.3 Å². The second-order valence-corrected chi connectivity index (χ2v) is 7.69. The summed E-state index contributed by atoms with van der Waals surface area (Å²) in [5.74, 6) is 0. The maximum atomic E-state index is 12.3. The molecule has 0 bridgehead atoms. The smallest absolute Gasteiger partial charge is 0.266 e. The lowest BCUT2D eigenvalue weighted by atomic mass is 10.1. The Balaban J connectivity index is 1.23. The van der Waals surface area contributed by atoms with E-state index in [1.165, 1.54) is 11.1 Å². The van der Waals surface area contributed by atoms with E-state index < -0.39 is 0 Å². The normalized spacial score (nSPS) is 14.8. The summed E-state index contributed by atoms with van der Waals surface area (Å²) in [6.45, 7) is 5.19. The van der Waals surface area contributed by atoms with Gasteiger partial charge in [-0.25, -0.2) is 4.68 Å². The molecule has 31 heavy (non-hydrogen) atoms. The van der Waals surface area contributed by atoms with Gasteiger partial charge in [0.2, 0.25) is 0 Å². The Labute approximate surface area is 180 Å². The summed E-state index contributed by atoms with van der Waals surface area (Å²) in [5, 5.41) is 5.75. The van der Waals surface area contributed by atoms with Crippen molar-refractivity contribution in [1.82, 2.24) is 24.6 Å². The van der Waals surface area contributed by atoms with Crippen LogP contribution >= 0.6 is 0 Å². The van der Waals surface area contributed by atoms with Crippen molar-refractivity contribution in [3.05, 3.63) is 83.5 Å². The highest BCUT2D eigenvalue weighted by molar-refractivity contribution is 5.91. The number of aromatic nitrogens is 4. The van der Waals surface area contributed by atoms with E-state index in [9.17, 15) is 4.79 Å². The van der Waals surface area contributed by atoms with Crippen LogP contribution in [0, 0.1) is 0 Å². The molecule has 1 saturated heterocycles. The van der Waals surface area contributed by atoms with Gasteiger partial charge in [-0.2, -0.15) is 5.10 Å². The average molecular weight is 412 g/mol. The lowest BCUT2D eigenvalue weighted by Crippen LogP contribution is -2.47. The lowest BCUT2D eigenvalue weighted by molar-refractivity contribution is 0.243. The van der Waals surface area contributed by atoms with E-state index in [0.29, 0.717) is 6.54 Å².